The van der Waals surface area contributed by atoms with Crippen LogP contribution in [0.4, 0.5) is 5.69 Å². The molecule has 0 saturated heterocycles. The van der Waals surface area contributed by atoms with Crippen LogP contribution in [0.2, 0.25) is 0 Å². The number of aliphatic carboxylic acids is 1. The fourth-order valence-corrected chi connectivity index (χ4v) is 3.34. The third-order valence-electron chi connectivity index (χ3n) is 3.75. The normalized spacial score (nSPS) is 19.1. The summed E-state index contributed by atoms with van der Waals surface area (Å²) in [6, 6.07) is 1.54. The Labute approximate surface area is 162 Å². The molecule has 0 amide bonds. The van der Waals surface area contributed by atoms with Gasteiger partial charge in [-0.25, -0.2) is 9.78 Å². The molecule has 1 aromatic heterocycles. The Bertz CT molecular complexity index is 672. The number of methoxy groups -OCH3 is 1. The first-order valence-corrected chi connectivity index (χ1v) is 9.48. The van der Waals surface area contributed by atoms with E-state index >= 15 is 0 Å². The minimum atomic E-state index is -1.18. The van der Waals surface area contributed by atoms with Gasteiger partial charge in [0.25, 0.3) is 0 Å². The highest BCUT2D eigenvalue weighted by atomic mass is 32.2. The molecule has 3 N–H and O–H groups in total. The maximum Gasteiger partial charge on any atom is 0.332 e. The SMILES string of the molecule is COCCOCCOCCNc1cnc(C2=NC(C)(C(=O)O)CS2)c(O)c1. The summed E-state index contributed by atoms with van der Waals surface area (Å²) in [5, 5.41) is 23.0. The summed E-state index contributed by atoms with van der Waals surface area (Å²) in [5.41, 5.74) is -0.254. The number of aliphatic imine (C=N–C) groups is 1. The third kappa shape index (κ3) is 6.35. The van der Waals surface area contributed by atoms with Crippen LogP contribution in [-0.4, -0.2) is 84.2 Å². The van der Waals surface area contributed by atoms with E-state index in [1.807, 2.05) is 0 Å². The molecule has 1 aromatic rings. The predicted octanol–water partition coefficient (Wildman–Crippen LogP) is 1.22. The van der Waals surface area contributed by atoms with Crippen molar-refractivity contribution in [2.24, 2.45) is 4.99 Å². The van der Waals surface area contributed by atoms with Crippen LogP contribution in [-0.2, 0) is 19.0 Å². The van der Waals surface area contributed by atoms with E-state index in [-0.39, 0.29) is 5.75 Å². The molecule has 10 heteroatoms. The number of ether oxygens (including phenoxy) is 3. The van der Waals surface area contributed by atoms with E-state index in [4.69, 9.17) is 14.2 Å². The fourth-order valence-electron chi connectivity index (χ4n) is 2.17. The topological polar surface area (TPSA) is 122 Å². The van der Waals surface area contributed by atoms with Crippen molar-refractivity contribution in [3.63, 3.8) is 0 Å². The molecule has 1 aliphatic rings. The van der Waals surface area contributed by atoms with Gasteiger partial charge in [0, 0.05) is 25.5 Å². The van der Waals surface area contributed by atoms with Gasteiger partial charge in [-0.05, 0) is 6.92 Å². The summed E-state index contributed by atoms with van der Waals surface area (Å²) in [6.45, 7) is 4.69. The van der Waals surface area contributed by atoms with Crippen molar-refractivity contribution < 1.29 is 29.2 Å². The number of nitrogens with zero attached hydrogens (tertiary/aromatic N) is 2. The molecule has 0 radical (unpaired) electrons. The van der Waals surface area contributed by atoms with Gasteiger partial charge in [0.15, 0.2) is 5.54 Å². The summed E-state index contributed by atoms with van der Waals surface area (Å²) < 4.78 is 15.6. The van der Waals surface area contributed by atoms with E-state index in [2.05, 4.69) is 15.3 Å². The zero-order valence-electron chi connectivity index (χ0n) is 15.4. The summed E-state index contributed by atoms with van der Waals surface area (Å²) in [5.74, 6) is -0.731. The van der Waals surface area contributed by atoms with Crippen molar-refractivity contribution in [1.82, 2.24) is 4.98 Å². The van der Waals surface area contributed by atoms with E-state index in [0.717, 1.165) is 0 Å². The van der Waals surface area contributed by atoms with Gasteiger partial charge >= 0.3 is 5.97 Å². The highest BCUT2D eigenvalue weighted by Gasteiger charge is 2.39. The van der Waals surface area contributed by atoms with Gasteiger partial charge < -0.3 is 29.7 Å². The first-order valence-electron chi connectivity index (χ1n) is 8.50. The van der Waals surface area contributed by atoms with Crippen LogP contribution in [0, 0.1) is 0 Å². The molecular weight excluding hydrogens is 374 g/mol. The highest BCUT2D eigenvalue weighted by molar-refractivity contribution is 8.14. The quantitative estimate of drug-likeness (QED) is 0.445. The monoisotopic (exact) mass is 399 g/mol. The molecule has 1 aliphatic heterocycles. The van der Waals surface area contributed by atoms with Gasteiger partial charge in [0.2, 0.25) is 0 Å². The minimum absolute atomic E-state index is 0.0478. The van der Waals surface area contributed by atoms with Gasteiger partial charge in [-0.3, -0.25) is 4.99 Å². The number of hydrogen-bond acceptors (Lipinski definition) is 9. The van der Waals surface area contributed by atoms with Crippen LogP contribution in [0.15, 0.2) is 17.3 Å². The van der Waals surface area contributed by atoms with Crippen LogP contribution in [0.25, 0.3) is 0 Å². The number of aromatic hydroxyl groups is 1. The Morgan fingerprint density at radius 3 is 2.63 bits per heavy atom. The van der Waals surface area contributed by atoms with Crippen LogP contribution in [0.1, 0.15) is 12.6 Å². The van der Waals surface area contributed by atoms with Crippen molar-refractivity contribution in [3.8, 4) is 5.75 Å². The first kappa shape index (κ1) is 21.4. The molecule has 27 heavy (non-hydrogen) atoms. The zero-order valence-corrected chi connectivity index (χ0v) is 16.3. The number of thioether (sulfide) groups is 1. The maximum atomic E-state index is 11.3. The number of carboxylic acids is 1. The molecule has 1 unspecified atom stereocenters. The molecule has 9 nitrogen and oxygen atoms in total. The van der Waals surface area contributed by atoms with E-state index < -0.39 is 11.5 Å². The number of aromatic nitrogens is 1. The van der Waals surface area contributed by atoms with E-state index in [1.54, 1.807) is 20.2 Å². The Kier molecular flexibility index (Phi) is 8.29. The predicted molar refractivity (Wildman–Crippen MR) is 103 cm³/mol. The van der Waals surface area contributed by atoms with E-state index in [9.17, 15) is 15.0 Å². The van der Waals surface area contributed by atoms with Gasteiger partial charge in [-0.2, -0.15) is 0 Å². The zero-order chi connectivity index (χ0) is 19.7. The van der Waals surface area contributed by atoms with Gasteiger partial charge in [0.1, 0.15) is 16.5 Å². The number of anilines is 1. The number of pyridine rings is 1. The molecule has 0 aromatic carbocycles. The molecular formula is C17H25N3O6S. The molecule has 150 valence electrons. The molecule has 1 atom stereocenters. The molecule has 2 rings (SSSR count). The Balaban J connectivity index is 1.76. The highest BCUT2D eigenvalue weighted by Crippen LogP contribution is 2.33. The molecule has 0 fully saturated rings. The van der Waals surface area contributed by atoms with Crippen LogP contribution >= 0.6 is 11.8 Å². The lowest BCUT2D eigenvalue weighted by molar-refractivity contribution is -0.141. The number of carbonyl (C=O) groups is 1. The van der Waals surface area contributed by atoms with E-state index in [1.165, 1.54) is 17.8 Å². The standard InChI is InChI=1S/C17H25N3O6S/c1-17(16(22)23)11-27-15(20-17)14-13(21)9-12(10-19-14)18-3-4-25-7-8-26-6-5-24-2/h9-10,18,21H,3-8,11H2,1-2H3,(H,22,23). The summed E-state index contributed by atoms with van der Waals surface area (Å²) in [6.07, 6.45) is 1.57. The lowest BCUT2D eigenvalue weighted by atomic mass is 10.1. The fraction of sp³-hybridized carbons (Fsp3) is 0.588. The largest absolute Gasteiger partial charge is 0.506 e. The van der Waals surface area contributed by atoms with Gasteiger partial charge in [-0.15, -0.1) is 11.8 Å². The Hall–Kier alpha value is -1.88. The number of nitrogens with one attached hydrogen (secondary N) is 1. The maximum absolute atomic E-state index is 11.3. The van der Waals surface area contributed by atoms with Crippen molar-refractivity contribution in [3.05, 3.63) is 18.0 Å². The van der Waals surface area contributed by atoms with Crippen molar-refractivity contribution >= 4 is 28.5 Å². The van der Waals surface area contributed by atoms with Gasteiger partial charge in [-0.1, -0.05) is 0 Å². The number of carboxylic acid groups (broad SMARTS) is 1. The number of hydrogen-bond donors (Lipinski definition) is 3. The minimum Gasteiger partial charge on any atom is -0.506 e. The first-order chi connectivity index (χ1) is 13.0. The summed E-state index contributed by atoms with van der Waals surface area (Å²) in [4.78, 5) is 19.7. The second kappa shape index (κ2) is 10.5. The second-order valence-corrected chi connectivity index (χ2v) is 6.98. The van der Waals surface area contributed by atoms with Gasteiger partial charge in [0.05, 0.1) is 44.9 Å². The van der Waals surface area contributed by atoms with Crippen molar-refractivity contribution in [2.75, 3.05) is 57.8 Å². The summed E-state index contributed by atoms with van der Waals surface area (Å²) in [7, 11) is 1.62. The lowest BCUT2D eigenvalue weighted by Crippen LogP contribution is -2.33. The Morgan fingerprint density at radius 1 is 1.30 bits per heavy atom. The molecule has 0 spiro atoms. The van der Waals surface area contributed by atoms with E-state index in [0.29, 0.717) is 61.8 Å². The molecule has 0 bridgehead atoms. The molecule has 2 heterocycles. The second-order valence-electron chi connectivity index (χ2n) is 6.02. The van der Waals surface area contributed by atoms with Crippen LogP contribution in [0.5, 0.6) is 5.75 Å². The van der Waals surface area contributed by atoms with Crippen LogP contribution in [0.3, 0.4) is 0 Å². The Morgan fingerprint density at radius 2 is 2.00 bits per heavy atom. The molecule has 0 saturated carbocycles. The summed E-state index contributed by atoms with van der Waals surface area (Å²) >= 11 is 1.27. The van der Waals surface area contributed by atoms with Crippen molar-refractivity contribution in [2.45, 2.75) is 12.5 Å². The third-order valence-corrected chi connectivity index (χ3v) is 5.01. The van der Waals surface area contributed by atoms with Crippen LogP contribution < -0.4 is 5.32 Å². The number of rotatable bonds is 12. The molecule has 0 aliphatic carbocycles. The van der Waals surface area contributed by atoms with Crippen molar-refractivity contribution in [1.29, 1.82) is 0 Å². The lowest BCUT2D eigenvalue weighted by Gasteiger charge is -2.11. The average Bonchev–Trinajstić information content (AvgIpc) is 3.04. The average molecular weight is 399 g/mol. The smallest absolute Gasteiger partial charge is 0.332 e.